The molecule has 0 atom stereocenters. The highest BCUT2D eigenvalue weighted by Gasteiger charge is 2.24. The summed E-state index contributed by atoms with van der Waals surface area (Å²) in [7, 11) is 0. The number of hydrogen-bond donors (Lipinski definition) is 1. The van der Waals surface area contributed by atoms with Crippen molar-refractivity contribution in [3.05, 3.63) is 89.2 Å². The van der Waals surface area contributed by atoms with Crippen molar-refractivity contribution in [2.24, 2.45) is 0 Å². The van der Waals surface area contributed by atoms with E-state index >= 15 is 0 Å². The second-order valence-electron chi connectivity index (χ2n) is 7.81. The van der Waals surface area contributed by atoms with Crippen LogP contribution in [0.25, 0.3) is 0 Å². The third-order valence-electron chi connectivity index (χ3n) is 5.80. The largest absolute Gasteiger partial charge is 0.355 e. The molecule has 0 aliphatic carbocycles. The quantitative estimate of drug-likeness (QED) is 0.690. The van der Waals surface area contributed by atoms with Gasteiger partial charge in [0.25, 0.3) is 5.91 Å². The predicted molar refractivity (Wildman–Crippen MR) is 121 cm³/mol. The molecule has 0 spiro atoms. The van der Waals surface area contributed by atoms with Gasteiger partial charge in [-0.15, -0.1) is 0 Å². The number of pyridine rings is 1. The van der Waals surface area contributed by atoms with Gasteiger partial charge in [0.05, 0.1) is 16.9 Å². The molecule has 0 radical (unpaired) electrons. The van der Waals surface area contributed by atoms with Crippen LogP contribution in [0.4, 0.5) is 11.4 Å². The highest BCUT2D eigenvalue weighted by Crippen LogP contribution is 2.26. The first-order valence-corrected chi connectivity index (χ1v) is 10.5. The lowest BCUT2D eigenvalue weighted by molar-refractivity contribution is 0.0628. The molecule has 1 N–H and O–H groups in total. The molecule has 3 aromatic rings. The van der Waals surface area contributed by atoms with Crippen molar-refractivity contribution in [3.63, 3.8) is 0 Å². The Labute approximate surface area is 178 Å². The minimum absolute atomic E-state index is 0.0842. The number of aromatic nitrogens is 1. The first kappa shape index (κ1) is 20.1. The number of para-hydroxylation sites is 1. The third-order valence-corrected chi connectivity index (χ3v) is 5.80. The summed E-state index contributed by atoms with van der Waals surface area (Å²) in [5, 5.41) is 3.48. The van der Waals surface area contributed by atoms with Gasteiger partial charge in [-0.3, -0.25) is 14.7 Å². The van der Waals surface area contributed by atoms with E-state index in [0.717, 1.165) is 55.4 Å². The molecule has 0 unspecified atom stereocenters. The zero-order valence-electron chi connectivity index (χ0n) is 17.6. The normalized spacial score (nSPS) is 14.5. The van der Waals surface area contributed by atoms with Crippen LogP contribution >= 0.6 is 0 Å². The highest BCUT2D eigenvalue weighted by atomic mass is 16.2. The zero-order valence-corrected chi connectivity index (χ0v) is 17.6. The molecule has 5 heteroatoms. The number of piperazine rings is 1. The van der Waals surface area contributed by atoms with Crippen LogP contribution in [0.2, 0.25) is 0 Å². The molecule has 2 heterocycles. The molecule has 0 saturated carbocycles. The van der Waals surface area contributed by atoms with Crippen LogP contribution in [0.3, 0.4) is 0 Å². The summed E-state index contributed by atoms with van der Waals surface area (Å²) in [5.74, 6) is 0.0842. The fraction of sp³-hybridized carbons (Fsp3) is 0.280. The summed E-state index contributed by atoms with van der Waals surface area (Å²) in [6, 6.07) is 20.0. The smallest absolute Gasteiger partial charge is 0.256 e. The number of amides is 1. The molecule has 0 bridgehead atoms. The molecule has 2 aromatic carbocycles. The number of carbonyl (C=O) groups is 1. The van der Waals surface area contributed by atoms with Crippen LogP contribution in [-0.4, -0.2) is 46.9 Å². The standard InChI is InChI=1S/C25H28N4O/c1-19-8-7-12-23(20(19)2)27-24-11-4-3-10-22(24)25(30)29-16-14-28(15-17-29)18-21-9-5-6-13-26-21/h3-13,27H,14-18H2,1-2H3. The summed E-state index contributed by atoms with van der Waals surface area (Å²) >= 11 is 0. The molecule has 154 valence electrons. The van der Waals surface area contributed by atoms with E-state index in [-0.39, 0.29) is 5.91 Å². The molecule has 1 amide bonds. The summed E-state index contributed by atoms with van der Waals surface area (Å²) in [6.45, 7) is 8.19. The lowest BCUT2D eigenvalue weighted by Gasteiger charge is -2.35. The van der Waals surface area contributed by atoms with E-state index in [4.69, 9.17) is 0 Å². The van der Waals surface area contributed by atoms with E-state index < -0.39 is 0 Å². The maximum absolute atomic E-state index is 13.3. The summed E-state index contributed by atoms with van der Waals surface area (Å²) in [6.07, 6.45) is 1.83. The van der Waals surface area contributed by atoms with Crippen molar-refractivity contribution in [2.45, 2.75) is 20.4 Å². The SMILES string of the molecule is Cc1cccc(Nc2ccccc2C(=O)N2CCN(Cc3ccccn3)CC2)c1C. The third kappa shape index (κ3) is 4.52. The average molecular weight is 401 g/mol. The lowest BCUT2D eigenvalue weighted by Crippen LogP contribution is -2.48. The maximum atomic E-state index is 13.3. The number of nitrogens with zero attached hydrogens (tertiary/aromatic N) is 3. The molecule has 1 aromatic heterocycles. The summed E-state index contributed by atoms with van der Waals surface area (Å²) < 4.78 is 0. The number of rotatable bonds is 5. The Morgan fingerprint density at radius 3 is 2.40 bits per heavy atom. The predicted octanol–water partition coefficient (Wildman–Crippen LogP) is 4.40. The Kier molecular flexibility index (Phi) is 6.10. The van der Waals surface area contributed by atoms with Crippen molar-refractivity contribution in [1.29, 1.82) is 0 Å². The number of carbonyl (C=O) groups excluding carboxylic acids is 1. The minimum atomic E-state index is 0.0842. The molecule has 1 aliphatic rings. The molecule has 30 heavy (non-hydrogen) atoms. The molecule has 1 saturated heterocycles. The van der Waals surface area contributed by atoms with Gasteiger partial charge in [0.2, 0.25) is 0 Å². The molecule has 1 aliphatic heterocycles. The molecular formula is C25H28N4O. The van der Waals surface area contributed by atoms with Crippen LogP contribution in [0, 0.1) is 13.8 Å². The molecule has 5 nitrogen and oxygen atoms in total. The second kappa shape index (κ2) is 9.09. The summed E-state index contributed by atoms with van der Waals surface area (Å²) in [5.41, 5.74) is 6.11. The topological polar surface area (TPSA) is 48.5 Å². The number of nitrogens with one attached hydrogen (secondary N) is 1. The van der Waals surface area contributed by atoms with E-state index in [1.165, 1.54) is 11.1 Å². The van der Waals surface area contributed by atoms with E-state index in [1.54, 1.807) is 0 Å². The van der Waals surface area contributed by atoms with Crippen LogP contribution in [-0.2, 0) is 6.54 Å². The monoisotopic (exact) mass is 400 g/mol. The fourth-order valence-corrected chi connectivity index (χ4v) is 3.81. The first-order valence-electron chi connectivity index (χ1n) is 10.5. The van der Waals surface area contributed by atoms with Gasteiger partial charge in [-0.25, -0.2) is 0 Å². The van der Waals surface area contributed by atoms with Crippen molar-refractivity contribution in [2.75, 3.05) is 31.5 Å². The zero-order chi connectivity index (χ0) is 20.9. The van der Waals surface area contributed by atoms with Crippen molar-refractivity contribution >= 4 is 17.3 Å². The van der Waals surface area contributed by atoms with Crippen LogP contribution in [0.1, 0.15) is 27.2 Å². The van der Waals surface area contributed by atoms with Gasteiger partial charge in [-0.1, -0.05) is 30.3 Å². The number of aryl methyl sites for hydroxylation is 1. The molecule has 1 fully saturated rings. The first-order chi connectivity index (χ1) is 14.6. The Morgan fingerprint density at radius 2 is 1.63 bits per heavy atom. The van der Waals surface area contributed by atoms with Gasteiger partial charge in [0, 0.05) is 44.6 Å². The van der Waals surface area contributed by atoms with Crippen molar-refractivity contribution in [1.82, 2.24) is 14.8 Å². The van der Waals surface area contributed by atoms with E-state index in [2.05, 4.69) is 41.2 Å². The van der Waals surface area contributed by atoms with Gasteiger partial charge in [0.15, 0.2) is 0 Å². The fourth-order valence-electron chi connectivity index (χ4n) is 3.81. The molecular weight excluding hydrogens is 372 g/mol. The van der Waals surface area contributed by atoms with E-state index in [9.17, 15) is 4.79 Å². The average Bonchev–Trinajstić information content (AvgIpc) is 2.78. The summed E-state index contributed by atoms with van der Waals surface area (Å²) in [4.78, 5) is 22.0. The second-order valence-corrected chi connectivity index (χ2v) is 7.81. The van der Waals surface area contributed by atoms with Gasteiger partial charge >= 0.3 is 0 Å². The maximum Gasteiger partial charge on any atom is 0.256 e. The van der Waals surface area contributed by atoms with Gasteiger partial charge in [-0.05, 0) is 55.3 Å². The van der Waals surface area contributed by atoms with E-state index in [1.807, 2.05) is 59.6 Å². The minimum Gasteiger partial charge on any atom is -0.355 e. The number of hydrogen-bond acceptors (Lipinski definition) is 4. The van der Waals surface area contributed by atoms with Crippen LogP contribution in [0.15, 0.2) is 66.9 Å². The Hall–Kier alpha value is -3.18. The Balaban J connectivity index is 1.44. The van der Waals surface area contributed by atoms with Crippen LogP contribution in [0.5, 0.6) is 0 Å². The van der Waals surface area contributed by atoms with Crippen molar-refractivity contribution < 1.29 is 4.79 Å². The molecule has 4 rings (SSSR count). The highest BCUT2D eigenvalue weighted by molar-refractivity contribution is 6.00. The van der Waals surface area contributed by atoms with Gasteiger partial charge in [0.1, 0.15) is 0 Å². The Morgan fingerprint density at radius 1 is 0.900 bits per heavy atom. The van der Waals surface area contributed by atoms with E-state index in [0.29, 0.717) is 0 Å². The number of benzene rings is 2. The van der Waals surface area contributed by atoms with Gasteiger partial charge < -0.3 is 10.2 Å². The van der Waals surface area contributed by atoms with Crippen molar-refractivity contribution in [3.8, 4) is 0 Å². The number of anilines is 2. The Bertz CT molecular complexity index is 1010. The van der Waals surface area contributed by atoms with Gasteiger partial charge in [-0.2, -0.15) is 0 Å². The van der Waals surface area contributed by atoms with Crippen LogP contribution < -0.4 is 5.32 Å². The lowest BCUT2D eigenvalue weighted by atomic mass is 10.1.